The van der Waals surface area contributed by atoms with Crippen LogP contribution in [0.15, 0.2) is 0 Å². The van der Waals surface area contributed by atoms with Crippen LogP contribution in [0.3, 0.4) is 0 Å². The van der Waals surface area contributed by atoms with Gasteiger partial charge < -0.3 is 4.57 Å². The van der Waals surface area contributed by atoms with E-state index in [4.69, 9.17) is 11.6 Å². The molecule has 0 radical (unpaired) electrons. The first-order chi connectivity index (χ1) is 9.61. The zero-order valence-corrected chi connectivity index (χ0v) is 13.2. The third kappa shape index (κ3) is 2.23. The molecule has 0 aromatic carbocycles. The fourth-order valence-corrected chi connectivity index (χ4v) is 3.44. The number of rotatable bonds is 4. The Morgan fingerprint density at radius 1 is 1.30 bits per heavy atom. The maximum Gasteiger partial charge on any atom is 0.158 e. The van der Waals surface area contributed by atoms with Crippen LogP contribution in [0, 0.1) is 6.92 Å². The normalized spacial score (nSPS) is 18.2. The summed E-state index contributed by atoms with van der Waals surface area (Å²) in [5.74, 6) is 1.39. The second kappa shape index (κ2) is 5.37. The predicted molar refractivity (Wildman–Crippen MR) is 81.1 cm³/mol. The Morgan fingerprint density at radius 3 is 2.65 bits per heavy atom. The second-order valence-corrected chi connectivity index (χ2v) is 6.01. The summed E-state index contributed by atoms with van der Waals surface area (Å²) in [6, 6.07) is 0.507. The minimum absolute atomic E-state index is 0.445. The van der Waals surface area contributed by atoms with Gasteiger partial charge in [-0.05, 0) is 39.8 Å². The first-order valence-electron chi connectivity index (χ1n) is 7.30. The molecule has 20 heavy (non-hydrogen) atoms. The van der Waals surface area contributed by atoms with Crippen LogP contribution in [0.4, 0.5) is 0 Å². The van der Waals surface area contributed by atoms with Crippen molar-refractivity contribution < 1.29 is 0 Å². The summed E-state index contributed by atoms with van der Waals surface area (Å²) >= 11 is 6.08. The molecule has 1 atom stereocenters. The molecule has 0 aliphatic carbocycles. The van der Waals surface area contributed by atoms with E-state index in [1.165, 1.54) is 25.9 Å². The van der Waals surface area contributed by atoms with E-state index in [0.29, 0.717) is 11.9 Å². The molecule has 1 aliphatic heterocycles. The minimum atomic E-state index is 0.445. The zero-order chi connectivity index (χ0) is 14.3. The van der Waals surface area contributed by atoms with Gasteiger partial charge in [-0.15, -0.1) is 11.6 Å². The van der Waals surface area contributed by atoms with E-state index in [1.54, 1.807) is 0 Å². The quantitative estimate of drug-likeness (QED) is 0.813. The number of aromatic nitrogens is 4. The van der Waals surface area contributed by atoms with E-state index in [1.807, 2.05) is 18.7 Å². The Labute approximate surface area is 124 Å². The number of nitrogens with zero attached hydrogens (tertiary/aromatic N) is 5. The number of aryl methyl sites for hydroxylation is 2. The average Bonchev–Trinajstić information content (AvgIpc) is 3.10. The number of fused-ring (bicyclic) bond motifs is 1. The van der Waals surface area contributed by atoms with Gasteiger partial charge in [0.05, 0.1) is 11.6 Å². The highest BCUT2D eigenvalue weighted by Gasteiger charge is 2.22. The lowest BCUT2D eigenvalue weighted by atomic mass is 10.3. The largest absolute Gasteiger partial charge is 0.310 e. The molecule has 0 saturated carbocycles. The monoisotopic (exact) mass is 295 g/mol. The second-order valence-electron chi connectivity index (χ2n) is 5.75. The number of hydrogen-bond donors (Lipinski definition) is 0. The van der Waals surface area contributed by atoms with E-state index >= 15 is 0 Å². The molecular formula is C14H22ClN5. The summed E-state index contributed by atoms with van der Waals surface area (Å²) in [6.45, 7) is 7.64. The number of alkyl halides is 1. The fraction of sp³-hybridized carbons (Fsp3) is 0.714. The molecule has 6 heteroatoms. The third-order valence-corrected chi connectivity index (χ3v) is 4.54. The Kier molecular flexibility index (Phi) is 3.73. The first kappa shape index (κ1) is 13.9. The molecule has 0 spiro atoms. The standard InChI is InChI=1S/C14H22ClN5/c1-10(19-6-4-5-7-19)9-20-12(8-15)16-13-11(2)17-18(3)14(13)20/h10H,4-9H2,1-3H3. The number of likely N-dealkylation sites (tertiary alicyclic amines) is 1. The van der Waals surface area contributed by atoms with Gasteiger partial charge >= 0.3 is 0 Å². The van der Waals surface area contributed by atoms with Crippen LogP contribution < -0.4 is 0 Å². The van der Waals surface area contributed by atoms with Gasteiger partial charge in [-0.2, -0.15) is 5.10 Å². The maximum atomic E-state index is 6.08. The van der Waals surface area contributed by atoms with Gasteiger partial charge in [0, 0.05) is 19.6 Å². The molecule has 3 rings (SSSR count). The van der Waals surface area contributed by atoms with Crippen molar-refractivity contribution in [3.05, 3.63) is 11.5 Å². The molecule has 0 N–H and O–H groups in total. The van der Waals surface area contributed by atoms with Gasteiger partial charge in [0.2, 0.25) is 0 Å². The van der Waals surface area contributed by atoms with Crippen LogP contribution in [0.1, 0.15) is 31.3 Å². The van der Waals surface area contributed by atoms with Crippen LogP contribution in [0.2, 0.25) is 0 Å². The van der Waals surface area contributed by atoms with Gasteiger partial charge in [-0.1, -0.05) is 0 Å². The third-order valence-electron chi connectivity index (χ3n) is 4.30. The SMILES string of the molecule is Cc1nn(C)c2c1nc(CCl)n2CC(C)N1CCCC1. The molecule has 5 nitrogen and oxygen atoms in total. The molecule has 2 aromatic rings. The summed E-state index contributed by atoms with van der Waals surface area (Å²) in [4.78, 5) is 7.21. The van der Waals surface area contributed by atoms with E-state index in [0.717, 1.165) is 29.2 Å². The lowest BCUT2D eigenvalue weighted by Crippen LogP contribution is -2.34. The molecule has 3 heterocycles. The molecule has 1 aliphatic rings. The molecule has 0 bridgehead atoms. The molecule has 1 saturated heterocycles. The first-order valence-corrected chi connectivity index (χ1v) is 7.84. The molecule has 0 amide bonds. The van der Waals surface area contributed by atoms with Gasteiger partial charge in [-0.25, -0.2) is 4.98 Å². The highest BCUT2D eigenvalue weighted by molar-refractivity contribution is 6.16. The number of imidazole rings is 1. The van der Waals surface area contributed by atoms with E-state index in [9.17, 15) is 0 Å². The Morgan fingerprint density at radius 2 is 2.00 bits per heavy atom. The Bertz CT molecular complexity index is 609. The van der Waals surface area contributed by atoms with Crippen LogP contribution in [-0.4, -0.2) is 43.4 Å². The van der Waals surface area contributed by atoms with Crippen molar-refractivity contribution in [1.82, 2.24) is 24.2 Å². The van der Waals surface area contributed by atoms with E-state index in [-0.39, 0.29) is 0 Å². The molecule has 1 fully saturated rings. The Hall–Kier alpha value is -1.07. The van der Waals surface area contributed by atoms with Crippen molar-refractivity contribution in [3.8, 4) is 0 Å². The van der Waals surface area contributed by atoms with Crippen molar-refractivity contribution >= 4 is 22.8 Å². The highest BCUT2D eigenvalue weighted by Crippen LogP contribution is 2.22. The summed E-state index contributed by atoms with van der Waals surface area (Å²) in [7, 11) is 1.98. The van der Waals surface area contributed by atoms with Crippen molar-refractivity contribution in [3.63, 3.8) is 0 Å². The fourth-order valence-electron chi connectivity index (χ4n) is 3.24. The minimum Gasteiger partial charge on any atom is -0.310 e. The van der Waals surface area contributed by atoms with Gasteiger partial charge in [-0.3, -0.25) is 9.58 Å². The Balaban J connectivity index is 1.96. The smallest absolute Gasteiger partial charge is 0.158 e. The van der Waals surface area contributed by atoms with Crippen LogP contribution >= 0.6 is 11.6 Å². The van der Waals surface area contributed by atoms with Crippen molar-refractivity contribution in [2.45, 2.75) is 45.2 Å². The lowest BCUT2D eigenvalue weighted by molar-refractivity contribution is 0.235. The molecule has 1 unspecified atom stereocenters. The van der Waals surface area contributed by atoms with Crippen LogP contribution in [-0.2, 0) is 19.5 Å². The molecule has 110 valence electrons. The molecular weight excluding hydrogens is 274 g/mol. The zero-order valence-electron chi connectivity index (χ0n) is 12.4. The highest BCUT2D eigenvalue weighted by atomic mass is 35.5. The van der Waals surface area contributed by atoms with E-state index < -0.39 is 0 Å². The van der Waals surface area contributed by atoms with Crippen molar-refractivity contribution in [2.75, 3.05) is 13.1 Å². The van der Waals surface area contributed by atoms with Crippen LogP contribution in [0.5, 0.6) is 0 Å². The van der Waals surface area contributed by atoms with Gasteiger partial charge in [0.1, 0.15) is 11.3 Å². The summed E-state index contributed by atoms with van der Waals surface area (Å²) in [5, 5.41) is 4.47. The molecule has 2 aromatic heterocycles. The number of halogens is 1. The van der Waals surface area contributed by atoms with Gasteiger partial charge in [0.15, 0.2) is 5.65 Å². The van der Waals surface area contributed by atoms with E-state index in [2.05, 4.69) is 26.5 Å². The van der Waals surface area contributed by atoms with Gasteiger partial charge in [0.25, 0.3) is 0 Å². The summed E-state index contributed by atoms with van der Waals surface area (Å²) < 4.78 is 4.16. The lowest BCUT2D eigenvalue weighted by Gasteiger charge is -2.24. The average molecular weight is 296 g/mol. The summed E-state index contributed by atoms with van der Waals surface area (Å²) in [6.07, 6.45) is 2.63. The predicted octanol–water partition coefficient (Wildman–Crippen LogP) is 2.30. The van der Waals surface area contributed by atoms with Crippen molar-refractivity contribution in [1.29, 1.82) is 0 Å². The number of hydrogen-bond acceptors (Lipinski definition) is 3. The topological polar surface area (TPSA) is 38.9 Å². The van der Waals surface area contributed by atoms with Crippen molar-refractivity contribution in [2.24, 2.45) is 7.05 Å². The van der Waals surface area contributed by atoms with Crippen LogP contribution in [0.25, 0.3) is 11.2 Å². The summed E-state index contributed by atoms with van der Waals surface area (Å²) in [5.41, 5.74) is 3.04. The maximum absolute atomic E-state index is 6.08.